The molecular formula is C14H20N4. The van der Waals surface area contributed by atoms with Gasteiger partial charge in [0.25, 0.3) is 0 Å². The number of para-hydroxylation sites is 2. The number of nitrogens with zero attached hydrogens (tertiary/aromatic N) is 2. The second-order valence-corrected chi connectivity index (χ2v) is 5.11. The third kappa shape index (κ3) is 2.40. The van der Waals surface area contributed by atoms with Crippen LogP contribution in [0.3, 0.4) is 0 Å². The van der Waals surface area contributed by atoms with Gasteiger partial charge < -0.3 is 15.2 Å². The third-order valence-electron chi connectivity index (χ3n) is 3.78. The van der Waals surface area contributed by atoms with E-state index >= 15 is 0 Å². The Labute approximate surface area is 107 Å². The fraction of sp³-hybridized carbons (Fsp3) is 0.500. The quantitative estimate of drug-likeness (QED) is 0.861. The molecule has 2 aromatic rings. The van der Waals surface area contributed by atoms with Gasteiger partial charge in [0, 0.05) is 12.6 Å². The highest BCUT2D eigenvalue weighted by molar-refractivity contribution is 5.74. The highest BCUT2D eigenvalue weighted by Gasteiger charge is 2.19. The number of fused-ring (bicyclic) bond motifs is 1. The summed E-state index contributed by atoms with van der Waals surface area (Å²) in [4.78, 5) is 10.3. The summed E-state index contributed by atoms with van der Waals surface area (Å²) in [5, 5.41) is 3.50. The van der Waals surface area contributed by atoms with Crippen molar-refractivity contribution in [1.29, 1.82) is 0 Å². The number of hydrogen-bond donors (Lipinski definition) is 2. The number of imidazole rings is 1. The van der Waals surface area contributed by atoms with Crippen molar-refractivity contribution in [2.45, 2.75) is 25.4 Å². The van der Waals surface area contributed by atoms with E-state index in [4.69, 9.17) is 0 Å². The van der Waals surface area contributed by atoms with E-state index in [2.05, 4.69) is 33.3 Å². The molecule has 0 bridgehead atoms. The van der Waals surface area contributed by atoms with Crippen LogP contribution in [0.15, 0.2) is 24.3 Å². The Morgan fingerprint density at radius 1 is 1.44 bits per heavy atom. The fourth-order valence-corrected chi connectivity index (χ4v) is 2.68. The number of benzene rings is 1. The van der Waals surface area contributed by atoms with E-state index in [0.717, 1.165) is 29.9 Å². The molecule has 1 atom stereocenters. The molecule has 0 radical (unpaired) electrons. The topological polar surface area (TPSA) is 44.0 Å². The smallest absolute Gasteiger partial charge is 0.121 e. The zero-order valence-electron chi connectivity index (χ0n) is 10.8. The molecule has 0 aliphatic carbocycles. The van der Waals surface area contributed by atoms with Crippen molar-refractivity contribution in [3.63, 3.8) is 0 Å². The first-order valence-corrected chi connectivity index (χ1v) is 6.67. The molecule has 0 spiro atoms. The van der Waals surface area contributed by atoms with E-state index in [1.165, 1.54) is 19.4 Å². The van der Waals surface area contributed by atoms with Gasteiger partial charge in [-0.2, -0.15) is 0 Å². The van der Waals surface area contributed by atoms with Crippen LogP contribution in [0, 0.1) is 0 Å². The number of aromatic nitrogens is 2. The molecule has 3 rings (SSSR count). The van der Waals surface area contributed by atoms with Crippen LogP contribution in [0.1, 0.15) is 18.7 Å². The van der Waals surface area contributed by atoms with E-state index in [9.17, 15) is 0 Å². The van der Waals surface area contributed by atoms with Crippen LogP contribution in [0.25, 0.3) is 11.0 Å². The number of H-pyrrole nitrogens is 1. The van der Waals surface area contributed by atoms with Crippen LogP contribution in [0.4, 0.5) is 0 Å². The predicted octanol–water partition coefficient (Wildman–Crippen LogP) is 1.75. The van der Waals surface area contributed by atoms with E-state index in [0.29, 0.717) is 6.04 Å². The second kappa shape index (κ2) is 5.08. The fourth-order valence-electron chi connectivity index (χ4n) is 2.68. The molecule has 4 heteroatoms. The highest BCUT2D eigenvalue weighted by atomic mass is 15.2. The molecule has 4 nitrogen and oxygen atoms in total. The van der Waals surface area contributed by atoms with Crippen LogP contribution in [0.5, 0.6) is 0 Å². The molecule has 1 aliphatic rings. The van der Waals surface area contributed by atoms with Crippen LogP contribution < -0.4 is 5.32 Å². The van der Waals surface area contributed by atoms with Crippen LogP contribution >= 0.6 is 0 Å². The van der Waals surface area contributed by atoms with Gasteiger partial charge in [0.2, 0.25) is 0 Å². The average Bonchev–Trinajstić information content (AvgIpc) is 2.96. The number of hydrogen-bond acceptors (Lipinski definition) is 3. The largest absolute Gasteiger partial charge is 0.341 e. The molecule has 1 fully saturated rings. The minimum absolute atomic E-state index is 0.689. The summed E-state index contributed by atoms with van der Waals surface area (Å²) in [6.07, 6.45) is 2.64. The Kier molecular flexibility index (Phi) is 3.30. The standard InChI is InChI=1S/C14H20N4/c1-18-8-4-5-11(18)9-15-10-14-16-12-6-2-3-7-13(12)17-14/h2-3,6-7,11,15H,4-5,8-10H2,1H3,(H,16,17). The molecule has 1 unspecified atom stereocenters. The molecule has 2 heterocycles. The molecule has 96 valence electrons. The maximum atomic E-state index is 4.56. The molecule has 1 aromatic heterocycles. The van der Waals surface area contributed by atoms with Crippen LogP contribution in [-0.4, -0.2) is 41.0 Å². The summed E-state index contributed by atoms with van der Waals surface area (Å²) < 4.78 is 0. The minimum atomic E-state index is 0.689. The SMILES string of the molecule is CN1CCCC1CNCc1nc2ccccc2[nH]1. The number of likely N-dealkylation sites (N-methyl/N-ethyl adjacent to an activating group) is 1. The van der Waals surface area contributed by atoms with Gasteiger partial charge in [-0.3, -0.25) is 0 Å². The van der Waals surface area contributed by atoms with Crippen LogP contribution in [0.2, 0.25) is 0 Å². The minimum Gasteiger partial charge on any atom is -0.341 e. The van der Waals surface area contributed by atoms with Crippen molar-refractivity contribution < 1.29 is 0 Å². The zero-order chi connectivity index (χ0) is 12.4. The van der Waals surface area contributed by atoms with Gasteiger partial charge in [-0.1, -0.05) is 12.1 Å². The Hall–Kier alpha value is -1.39. The van der Waals surface area contributed by atoms with E-state index in [-0.39, 0.29) is 0 Å². The first-order chi connectivity index (χ1) is 8.83. The van der Waals surface area contributed by atoms with Crippen LogP contribution in [-0.2, 0) is 6.54 Å². The lowest BCUT2D eigenvalue weighted by molar-refractivity contribution is 0.299. The van der Waals surface area contributed by atoms with Gasteiger partial charge >= 0.3 is 0 Å². The first-order valence-electron chi connectivity index (χ1n) is 6.67. The maximum absolute atomic E-state index is 4.56. The molecular weight excluding hydrogens is 224 g/mol. The Bertz CT molecular complexity index is 486. The molecule has 0 saturated carbocycles. The molecule has 0 amide bonds. The van der Waals surface area contributed by atoms with Crippen molar-refractivity contribution in [3.05, 3.63) is 30.1 Å². The van der Waals surface area contributed by atoms with E-state index < -0.39 is 0 Å². The Morgan fingerprint density at radius 3 is 3.11 bits per heavy atom. The number of aromatic amines is 1. The molecule has 1 aliphatic heterocycles. The second-order valence-electron chi connectivity index (χ2n) is 5.11. The maximum Gasteiger partial charge on any atom is 0.121 e. The summed E-state index contributed by atoms with van der Waals surface area (Å²) in [6, 6.07) is 8.85. The average molecular weight is 244 g/mol. The number of nitrogens with one attached hydrogen (secondary N) is 2. The lowest BCUT2D eigenvalue weighted by Gasteiger charge is -2.19. The Morgan fingerprint density at radius 2 is 2.33 bits per heavy atom. The van der Waals surface area contributed by atoms with Gasteiger partial charge in [0.1, 0.15) is 5.82 Å². The predicted molar refractivity (Wildman–Crippen MR) is 73.5 cm³/mol. The summed E-state index contributed by atoms with van der Waals surface area (Å²) in [7, 11) is 2.21. The normalized spacial score (nSPS) is 20.8. The van der Waals surface area contributed by atoms with Gasteiger partial charge in [-0.25, -0.2) is 4.98 Å². The molecule has 1 saturated heterocycles. The summed E-state index contributed by atoms with van der Waals surface area (Å²) >= 11 is 0. The zero-order valence-corrected chi connectivity index (χ0v) is 10.8. The lowest BCUT2D eigenvalue weighted by Crippen LogP contribution is -2.35. The molecule has 1 aromatic carbocycles. The van der Waals surface area contributed by atoms with Crippen molar-refractivity contribution in [3.8, 4) is 0 Å². The van der Waals surface area contributed by atoms with Gasteiger partial charge in [0.15, 0.2) is 0 Å². The van der Waals surface area contributed by atoms with E-state index in [1.54, 1.807) is 0 Å². The highest BCUT2D eigenvalue weighted by Crippen LogP contribution is 2.14. The van der Waals surface area contributed by atoms with Gasteiger partial charge in [-0.15, -0.1) is 0 Å². The lowest BCUT2D eigenvalue weighted by atomic mass is 10.2. The number of rotatable bonds is 4. The summed E-state index contributed by atoms with van der Waals surface area (Å²) in [5.41, 5.74) is 2.17. The summed E-state index contributed by atoms with van der Waals surface area (Å²) in [6.45, 7) is 3.10. The third-order valence-corrected chi connectivity index (χ3v) is 3.78. The van der Waals surface area contributed by atoms with Crippen molar-refractivity contribution >= 4 is 11.0 Å². The van der Waals surface area contributed by atoms with Gasteiger partial charge in [0.05, 0.1) is 17.6 Å². The van der Waals surface area contributed by atoms with E-state index in [1.807, 2.05) is 18.2 Å². The molecule has 18 heavy (non-hydrogen) atoms. The number of likely N-dealkylation sites (tertiary alicyclic amines) is 1. The van der Waals surface area contributed by atoms with Gasteiger partial charge in [-0.05, 0) is 38.6 Å². The van der Waals surface area contributed by atoms with Crippen molar-refractivity contribution in [2.24, 2.45) is 0 Å². The summed E-state index contributed by atoms with van der Waals surface area (Å²) in [5.74, 6) is 1.02. The monoisotopic (exact) mass is 244 g/mol. The van der Waals surface area contributed by atoms with Crippen molar-refractivity contribution in [2.75, 3.05) is 20.1 Å². The Balaban J connectivity index is 1.56. The first kappa shape index (κ1) is 11.7. The van der Waals surface area contributed by atoms with Crippen molar-refractivity contribution in [1.82, 2.24) is 20.2 Å². The molecule has 2 N–H and O–H groups in total.